The molecule has 0 saturated heterocycles. The molecule has 0 spiro atoms. The fourth-order valence-corrected chi connectivity index (χ4v) is 8.41. The molecule has 0 aliphatic heterocycles. The van der Waals surface area contributed by atoms with Crippen molar-refractivity contribution in [1.82, 2.24) is 0 Å². The number of benzene rings is 2. The highest BCUT2D eigenvalue weighted by Gasteiger charge is 2.34. The summed E-state index contributed by atoms with van der Waals surface area (Å²) in [5.41, 5.74) is 6.51. The minimum absolute atomic E-state index is 0.0556. The zero-order valence-corrected chi connectivity index (χ0v) is 33.4. The van der Waals surface area contributed by atoms with Crippen molar-refractivity contribution in [2.24, 2.45) is 10.8 Å². The van der Waals surface area contributed by atoms with Gasteiger partial charge in [0.05, 0.1) is 0 Å². The molecular formula is C49H72O2. The Hall–Kier alpha value is -3.00. The molecule has 51 heavy (non-hydrogen) atoms. The number of allylic oxidation sites excluding steroid dienone is 8. The molecule has 2 nitrogen and oxygen atoms in total. The Kier molecular flexibility index (Phi) is 16.2. The summed E-state index contributed by atoms with van der Waals surface area (Å²) >= 11 is 0. The zero-order valence-electron chi connectivity index (χ0n) is 33.4. The molecule has 0 amide bonds. The molecule has 2 aliphatic rings. The van der Waals surface area contributed by atoms with Gasteiger partial charge in [0.25, 0.3) is 0 Å². The first kappa shape index (κ1) is 40.8. The maximum absolute atomic E-state index is 12.1. The van der Waals surface area contributed by atoms with E-state index in [1.165, 1.54) is 101 Å². The molecular weight excluding hydrogens is 621 g/mol. The van der Waals surface area contributed by atoms with Gasteiger partial charge in [0.15, 0.2) is 0 Å². The SMILES string of the molecule is CCCCCCCCCc1cc(Cc2cc(CCCCCCCCC)cc(C(C)C3(C)C=CC=CC3)c2O)c(O)c(C(C)C2(C)C=CC=CC2)c1. The van der Waals surface area contributed by atoms with Crippen LogP contribution >= 0.6 is 0 Å². The highest BCUT2D eigenvalue weighted by Crippen LogP contribution is 2.48. The fraction of sp³-hybridized carbons (Fsp3) is 0.592. The predicted molar refractivity (Wildman–Crippen MR) is 221 cm³/mol. The molecule has 0 fully saturated rings. The van der Waals surface area contributed by atoms with Crippen molar-refractivity contribution in [3.05, 3.63) is 106 Å². The quantitative estimate of drug-likeness (QED) is 0.121. The molecule has 2 aliphatic carbocycles. The first-order chi connectivity index (χ1) is 24.6. The van der Waals surface area contributed by atoms with Crippen LogP contribution in [-0.2, 0) is 19.3 Å². The van der Waals surface area contributed by atoms with E-state index in [1.807, 2.05) is 0 Å². The van der Waals surface area contributed by atoms with Crippen molar-refractivity contribution in [3.63, 3.8) is 0 Å². The Morgan fingerprint density at radius 3 is 1.25 bits per heavy atom. The van der Waals surface area contributed by atoms with Gasteiger partial charge in [-0.1, -0.05) is 191 Å². The lowest BCUT2D eigenvalue weighted by molar-refractivity contribution is 0.342. The van der Waals surface area contributed by atoms with Gasteiger partial charge in [0.2, 0.25) is 0 Å². The third-order valence-electron chi connectivity index (χ3n) is 12.6. The van der Waals surface area contributed by atoms with Crippen molar-refractivity contribution in [2.75, 3.05) is 0 Å². The van der Waals surface area contributed by atoms with Gasteiger partial charge in [-0.15, -0.1) is 0 Å². The minimum atomic E-state index is -0.0556. The summed E-state index contributed by atoms with van der Waals surface area (Å²) in [5, 5.41) is 24.2. The Labute approximate surface area is 313 Å². The number of aryl methyl sites for hydroxylation is 2. The van der Waals surface area contributed by atoms with Crippen LogP contribution in [0.4, 0.5) is 0 Å². The highest BCUT2D eigenvalue weighted by atomic mass is 16.3. The summed E-state index contributed by atoms with van der Waals surface area (Å²) in [7, 11) is 0. The van der Waals surface area contributed by atoms with Gasteiger partial charge in [-0.3, -0.25) is 0 Å². The summed E-state index contributed by atoms with van der Waals surface area (Å²) in [6.45, 7) is 13.8. The van der Waals surface area contributed by atoms with Crippen LogP contribution in [0.25, 0.3) is 0 Å². The van der Waals surface area contributed by atoms with Crippen molar-refractivity contribution < 1.29 is 10.2 Å². The lowest BCUT2D eigenvalue weighted by atomic mass is 9.69. The normalized spacial score (nSPS) is 21.0. The van der Waals surface area contributed by atoms with E-state index in [0.29, 0.717) is 17.9 Å². The van der Waals surface area contributed by atoms with E-state index in [9.17, 15) is 10.2 Å². The third kappa shape index (κ3) is 11.5. The van der Waals surface area contributed by atoms with E-state index >= 15 is 0 Å². The lowest BCUT2D eigenvalue weighted by Gasteiger charge is -2.35. The monoisotopic (exact) mass is 693 g/mol. The van der Waals surface area contributed by atoms with Gasteiger partial charge in [0, 0.05) is 6.42 Å². The standard InChI is InChI=1S/C49H72O2/c1-7-9-11-13-15-17-21-27-40-33-42(46(50)44(35-40)38(3)48(5)29-23-19-24-30-48)37-43-34-41(28-22-18-16-14-12-10-8-2)36-45(47(43)51)39(4)49(6)31-25-20-26-32-49/h19-20,23-26,29,31,33-36,38-39,50-51H,7-18,21-22,27-28,30,32,37H2,1-6H3. The maximum atomic E-state index is 12.1. The first-order valence-electron chi connectivity index (χ1n) is 21.0. The first-order valence-corrected chi connectivity index (χ1v) is 21.0. The van der Waals surface area contributed by atoms with Crippen molar-refractivity contribution in [2.45, 2.75) is 175 Å². The number of hydrogen-bond donors (Lipinski definition) is 2. The molecule has 0 radical (unpaired) electrons. The summed E-state index contributed by atoms with van der Waals surface area (Å²) < 4.78 is 0. The van der Waals surface area contributed by atoms with E-state index < -0.39 is 0 Å². The van der Waals surface area contributed by atoms with Crippen LogP contribution < -0.4 is 0 Å². The molecule has 280 valence electrons. The van der Waals surface area contributed by atoms with Gasteiger partial charge in [-0.2, -0.15) is 0 Å². The van der Waals surface area contributed by atoms with Crippen LogP contribution in [0.3, 0.4) is 0 Å². The minimum Gasteiger partial charge on any atom is -0.507 e. The molecule has 2 N–H and O–H groups in total. The molecule has 2 heteroatoms. The van der Waals surface area contributed by atoms with Gasteiger partial charge in [-0.25, -0.2) is 0 Å². The molecule has 0 aromatic heterocycles. The molecule has 0 saturated carbocycles. The zero-order chi connectivity index (χ0) is 36.7. The topological polar surface area (TPSA) is 40.5 Å². The van der Waals surface area contributed by atoms with Gasteiger partial charge >= 0.3 is 0 Å². The second-order valence-electron chi connectivity index (χ2n) is 16.7. The van der Waals surface area contributed by atoms with E-state index in [0.717, 1.165) is 47.9 Å². The van der Waals surface area contributed by atoms with Gasteiger partial charge < -0.3 is 10.2 Å². The number of phenolic OH excluding ortho intramolecular Hbond substituents is 2. The molecule has 2 aromatic carbocycles. The van der Waals surface area contributed by atoms with Crippen molar-refractivity contribution in [1.29, 1.82) is 0 Å². The van der Waals surface area contributed by atoms with Gasteiger partial charge in [0.1, 0.15) is 11.5 Å². The average Bonchev–Trinajstić information content (AvgIpc) is 3.13. The van der Waals surface area contributed by atoms with E-state index in [1.54, 1.807) is 0 Å². The molecule has 0 bridgehead atoms. The number of rotatable bonds is 22. The third-order valence-corrected chi connectivity index (χ3v) is 12.6. The second-order valence-corrected chi connectivity index (χ2v) is 16.7. The van der Waals surface area contributed by atoms with E-state index in [-0.39, 0.29) is 22.7 Å². The Morgan fingerprint density at radius 1 is 0.529 bits per heavy atom. The summed E-state index contributed by atoms with van der Waals surface area (Å²) in [4.78, 5) is 0. The molecule has 4 atom stereocenters. The number of aromatic hydroxyl groups is 2. The van der Waals surface area contributed by atoms with Crippen molar-refractivity contribution >= 4 is 0 Å². The Balaban J connectivity index is 1.66. The molecule has 4 rings (SSSR count). The summed E-state index contributed by atoms with van der Waals surface area (Å²) in [6, 6.07) is 9.10. The van der Waals surface area contributed by atoms with Crippen LogP contribution in [0.1, 0.15) is 189 Å². The summed E-state index contributed by atoms with van der Waals surface area (Å²) in [6.07, 6.45) is 40.3. The van der Waals surface area contributed by atoms with Gasteiger partial charge in [-0.05, 0) is 94.6 Å². The molecule has 2 aromatic rings. The van der Waals surface area contributed by atoms with Crippen LogP contribution in [0, 0.1) is 10.8 Å². The van der Waals surface area contributed by atoms with E-state index in [4.69, 9.17) is 0 Å². The average molecular weight is 693 g/mol. The Bertz CT molecular complexity index is 1380. The maximum Gasteiger partial charge on any atom is 0.122 e. The number of phenols is 2. The van der Waals surface area contributed by atoms with Crippen LogP contribution in [0.5, 0.6) is 11.5 Å². The van der Waals surface area contributed by atoms with Crippen LogP contribution in [0.15, 0.2) is 72.9 Å². The van der Waals surface area contributed by atoms with Crippen LogP contribution in [-0.4, -0.2) is 10.2 Å². The Morgan fingerprint density at radius 2 is 0.902 bits per heavy atom. The number of hydrogen-bond acceptors (Lipinski definition) is 2. The second kappa shape index (κ2) is 20.3. The molecule has 4 unspecified atom stereocenters. The smallest absolute Gasteiger partial charge is 0.122 e. The highest BCUT2D eigenvalue weighted by molar-refractivity contribution is 5.53. The number of unbranched alkanes of at least 4 members (excludes halogenated alkanes) is 12. The lowest BCUT2D eigenvalue weighted by Crippen LogP contribution is -2.22. The van der Waals surface area contributed by atoms with Crippen LogP contribution in [0.2, 0.25) is 0 Å². The predicted octanol–water partition coefficient (Wildman–Crippen LogP) is 14.5. The molecule has 0 heterocycles. The fourth-order valence-electron chi connectivity index (χ4n) is 8.41. The van der Waals surface area contributed by atoms with E-state index in [2.05, 4.69) is 114 Å². The largest absolute Gasteiger partial charge is 0.507 e. The summed E-state index contributed by atoms with van der Waals surface area (Å²) in [5.74, 6) is 1.14. The van der Waals surface area contributed by atoms with Crippen molar-refractivity contribution in [3.8, 4) is 11.5 Å².